The number of alkyl halides is 3. The van der Waals surface area contributed by atoms with Gasteiger partial charge >= 0.3 is 6.18 Å². The summed E-state index contributed by atoms with van der Waals surface area (Å²) in [6.45, 7) is 0. The van der Waals surface area contributed by atoms with Crippen molar-refractivity contribution < 1.29 is 17.9 Å². The molecule has 3 rings (SSSR count). The van der Waals surface area contributed by atoms with Gasteiger partial charge in [0.25, 0.3) is 5.82 Å². The van der Waals surface area contributed by atoms with Crippen LogP contribution in [0.1, 0.15) is 5.82 Å². The fourth-order valence-electron chi connectivity index (χ4n) is 1.85. The van der Waals surface area contributed by atoms with E-state index in [1.807, 2.05) is 0 Å². The van der Waals surface area contributed by atoms with Crippen molar-refractivity contribution in [1.29, 1.82) is 0 Å². The Balaban J connectivity index is 1.93. The molecule has 0 bridgehead atoms. The predicted octanol–water partition coefficient (Wildman–Crippen LogP) is 2.90. The zero-order valence-corrected chi connectivity index (χ0v) is 11.3. The first kappa shape index (κ1) is 14.1. The van der Waals surface area contributed by atoms with Crippen molar-refractivity contribution in [2.75, 3.05) is 12.4 Å². The molecule has 0 aliphatic heterocycles. The molecule has 9 heteroatoms. The van der Waals surface area contributed by atoms with Crippen LogP contribution in [0.15, 0.2) is 36.4 Å². The summed E-state index contributed by atoms with van der Waals surface area (Å²) >= 11 is 0. The van der Waals surface area contributed by atoms with Crippen molar-refractivity contribution in [2.24, 2.45) is 0 Å². The standard InChI is InChI=1S/C13H10F3N5O/c1-22-9-4-2-8(3-5-9)17-10-6-7-11-18-19-12(13(14,15)16)21(11)20-10/h2-7H,1H3,(H,17,20). The SMILES string of the molecule is COc1ccc(Nc2ccc3nnc(C(F)(F)F)n3n2)cc1. The number of aromatic nitrogens is 4. The van der Waals surface area contributed by atoms with Crippen molar-refractivity contribution in [2.45, 2.75) is 6.18 Å². The third kappa shape index (κ3) is 2.65. The number of fused-ring (bicyclic) bond motifs is 1. The zero-order chi connectivity index (χ0) is 15.7. The van der Waals surface area contributed by atoms with Crippen LogP contribution in [0.2, 0.25) is 0 Å². The lowest BCUT2D eigenvalue weighted by molar-refractivity contribution is -0.146. The first-order chi connectivity index (χ1) is 10.5. The van der Waals surface area contributed by atoms with E-state index in [0.29, 0.717) is 16.0 Å². The maximum atomic E-state index is 12.8. The summed E-state index contributed by atoms with van der Waals surface area (Å²) in [5.74, 6) is -0.254. The highest BCUT2D eigenvalue weighted by Gasteiger charge is 2.37. The molecular weight excluding hydrogens is 299 g/mol. The number of benzene rings is 1. The normalized spacial score (nSPS) is 11.6. The number of rotatable bonds is 3. The van der Waals surface area contributed by atoms with Crippen LogP contribution in [-0.2, 0) is 6.18 Å². The second-order valence-corrected chi connectivity index (χ2v) is 4.36. The van der Waals surface area contributed by atoms with Gasteiger partial charge in [-0.2, -0.15) is 17.7 Å². The number of nitrogens with one attached hydrogen (secondary N) is 1. The highest BCUT2D eigenvalue weighted by molar-refractivity contribution is 5.58. The number of methoxy groups -OCH3 is 1. The maximum absolute atomic E-state index is 12.8. The lowest BCUT2D eigenvalue weighted by atomic mass is 10.3. The largest absolute Gasteiger partial charge is 0.497 e. The van der Waals surface area contributed by atoms with Gasteiger partial charge in [0.05, 0.1) is 7.11 Å². The molecule has 6 nitrogen and oxygen atoms in total. The fourth-order valence-corrected chi connectivity index (χ4v) is 1.85. The van der Waals surface area contributed by atoms with Gasteiger partial charge in [-0.25, -0.2) is 0 Å². The number of ether oxygens (including phenoxy) is 1. The Labute approximate surface area is 122 Å². The number of nitrogens with zero attached hydrogens (tertiary/aromatic N) is 4. The van der Waals surface area contributed by atoms with Crippen LogP contribution in [0.25, 0.3) is 5.65 Å². The van der Waals surface area contributed by atoms with Crippen LogP contribution in [0.4, 0.5) is 24.7 Å². The molecular formula is C13H10F3N5O. The van der Waals surface area contributed by atoms with E-state index in [4.69, 9.17) is 4.74 Å². The monoisotopic (exact) mass is 309 g/mol. The predicted molar refractivity (Wildman–Crippen MR) is 72.1 cm³/mol. The van der Waals surface area contributed by atoms with E-state index in [2.05, 4.69) is 20.6 Å². The summed E-state index contributed by atoms with van der Waals surface area (Å²) in [4.78, 5) is 0. The Kier molecular flexibility index (Phi) is 3.32. The molecule has 1 N–H and O–H groups in total. The summed E-state index contributed by atoms with van der Waals surface area (Å²) in [6.07, 6.45) is -4.62. The molecule has 0 amide bonds. The summed E-state index contributed by atoms with van der Waals surface area (Å²) in [5.41, 5.74) is 0.682. The Morgan fingerprint density at radius 1 is 1.05 bits per heavy atom. The summed E-state index contributed by atoms with van der Waals surface area (Å²) in [5, 5.41) is 13.3. The fraction of sp³-hybridized carbons (Fsp3) is 0.154. The van der Waals surface area contributed by atoms with Crippen molar-refractivity contribution in [1.82, 2.24) is 19.8 Å². The number of halogens is 3. The van der Waals surface area contributed by atoms with Crippen LogP contribution in [0.3, 0.4) is 0 Å². The van der Waals surface area contributed by atoms with Crippen molar-refractivity contribution >= 4 is 17.2 Å². The third-order valence-electron chi connectivity index (χ3n) is 2.88. The summed E-state index contributed by atoms with van der Waals surface area (Å²) < 4.78 is 44.1. The van der Waals surface area contributed by atoms with Gasteiger partial charge in [0.2, 0.25) is 0 Å². The highest BCUT2D eigenvalue weighted by Crippen LogP contribution is 2.28. The topological polar surface area (TPSA) is 64.3 Å². The first-order valence-corrected chi connectivity index (χ1v) is 6.18. The van der Waals surface area contributed by atoms with Crippen molar-refractivity contribution in [3.8, 4) is 5.75 Å². The molecule has 0 saturated carbocycles. The zero-order valence-electron chi connectivity index (χ0n) is 11.3. The minimum atomic E-state index is -4.62. The summed E-state index contributed by atoms with van der Waals surface area (Å²) in [7, 11) is 1.54. The lowest BCUT2D eigenvalue weighted by Crippen LogP contribution is -2.13. The van der Waals surface area contributed by atoms with Gasteiger partial charge in [0, 0.05) is 5.69 Å². The van der Waals surface area contributed by atoms with Crippen molar-refractivity contribution in [3.05, 3.63) is 42.2 Å². The van der Waals surface area contributed by atoms with E-state index in [0.717, 1.165) is 0 Å². The van der Waals surface area contributed by atoms with E-state index in [-0.39, 0.29) is 11.5 Å². The van der Waals surface area contributed by atoms with E-state index < -0.39 is 12.0 Å². The molecule has 0 unspecified atom stereocenters. The van der Waals surface area contributed by atoms with Crippen LogP contribution >= 0.6 is 0 Å². The average Bonchev–Trinajstić information content (AvgIpc) is 2.91. The Bertz CT molecular complexity index is 798. The molecule has 0 fully saturated rings. The highest BCUT2D eigenvalue weighted by atomic mass is 19.4. The van der Waals surface area contributed by atoms with Crippen LogP contribution in [0.5, 0.6) is 5.75 Å². The summed E-state index contributed by atoms with van der Waals surface area (Å²) in [6, 6.07) is 9.82. The quantitative estimate of drug-likeness (QED) is 0.806. The molecule has 0 aliphatic carbocycles. The Morgan fingerprint density at radius 3 is 2.41 bits per heavy atom. The lowest BCUT2D eigenvalue weighted by Gasteiger charge is -2.08. The second kappa shape index (κ2) is 5.17. The van der Waals surface area contributed by atoms with Crippen LogP contribution in [0, 0.1) is 0 Å². The van der Waals surface area contributed by atoms with E-state index in [9.17, 15) is 13.2 Å². The molecule has 22 heavy (non-hydrogen) atoms. The van der Waals surface area contributed by atoms with E-state index in [1.54, 1.807) is 31.4 Å². The number of hydrogen-bond acceptors (Lipinski definition) is 5. The van der Waals surface area contributed by atoms with Crippen LogP contribution in [-0.4, -0.2) is 26.9 Å². The molecule has 0 saturated heterocycles. The van der Waals surface area contributed by atoms with Crippen molar-refractivity contribution in [3.63, 3.8) is 0 Å². The minimum Gasteiger partial charge on any atom is -0.497 e. The number of anilines is 2. The maximum Gasteiger partial charge on any atom is 0.453 e. The van der Waals surface area contributed by atoms with Gasteiger partial charge in [-0.15, -0.1) is 15.3 Å². The molecule has 0 radical (unpaired) electrons. The average molecular weight is 309 g/mol. The third-order valence-corrected chi connectivity index (χ3v) is 2.88. The van der Waals surface area contributed by atoms with Crippen LogP contribution < -0.4 is 10.1 Å². The minimum absolute atomic E-state index is 0.0209. The Morgan fingerprint density at radius 2 is 1.77 bits per heavy atom. The Hall–Kier alpha value is -2.84. The molecule has 0 atom stereocenters. The van der Waals surface area contributed by atoms with Gasteiger partial charge in [0.1, 0.15) is 5.75 Å². The smallest absolute Gasteiger partial charge is 0.453 e. The molecule has 3 aromatic rings. The molecule has 114 valence electrons. The molecule has 2 aromatic heterocycles. The van der Waals surface area contributed by atoms with E-state index in [1.165, 1.54) is 12.1 Å². The first-order valence-electron chi connectivity index (χ1n) is 6.18. The molecule has 2 heterocycles. The number of hydrogen-bond donors (Lipinski definition) is 1. The second-order valence-electron chi connectivity index (χ2n) is 4.36. The van der Waals surface area contributed by atoms with Gasteiger partial charge in [-0.1, -0.05) is 0 Å². The van der Waals surface area contributed by atoms with E-state index >= 15 is 0 Å². The molecule has 1 aromatic carbocycles. The van der Waals surface area contributed by atoms with Gasteiger partial charge in [-0.3, -0.25) is 0 Å². The van der Waals surface area contributed by atoms with Gasteiger partial charge < -0.3 is 10.1 Å². The molecule has 0 spiro atoms. The van der Waals surface area contributed by atoms with Gasteiger partial charge in [0.15, 0.2) is 11.5 Å². The van der Waals surface area contributed by atoms with Gasteiger partial charge in [-0.05, 0) is 36.4 Å². The molecule has 0 aliphatic rings.